The van der Waals surface area contributed by atoms with Crippen molar-refractivity contribution < 1.29 is 18.0 Å². The molecule has 0 aliphatic rings. The number of halogens is 3. The molecule has 0 aliphatic heterocycles. The molecule has 0 saturated heterocycles. The molecule has 0 aromatic heterocycles. The fourth-order valence-corrected chi connectivity index (χ4v) is 0.913. The van der Waals surface area contributed by atoms with Crippen molar-refractivity contribution in [1.29, 1.82) is 5.26 Å². The van der Waals surface area contributed by atoms with Gasteiger partial charge >= 0.3 is 0 Å². The highest BCUT2D eigenvalue weighted by molar-refractivity contribution is 5.92. The number of amides is 1. The lowest BCUT2D eigenvalue weighted by molar-refractivity contribution is -0.115. The van der Waals surface area contributed by atoms with E-state index in [1.54, 1.807) is 0 Å². The Balaban J connectivity index is 2.95. The average Bonchev–Trinajstić information content (AvgIpc) is 2.13. The van der Waals surface area contributed by atoms with Crippen LogP contribution in [0.1, 0.15) is 6.42 Å². The van der Waals surface area contributed by atoms with Crippen LogP contribution in [0, 0.1) is 28.8 Å². The number of anilines is 1. The molecule has 15 heavy (non-hydrogen) atoms. The van der Waals surface area contributed by atoms with Gasteiger partial charge in [0.2, 0.25) is 5.91 Å². The highest BCUT2D eigenvalue weighted by Gasteiger charge is 2.12. The molecule has 1 amide bonds. The number of carbonyl (C=O) groups excluding carboxylic acids is 1. The molecular weight excluding hydrogens is 209 g/mol. The van der Waals surface area contributed by atoms with Crippen molar-refractivity contribution >= 4 is 11.6 Å². The van der Waals surface area contributed by atoms with E-state index in [1.165, 1.54) is 6.07 Å². The van der Waals surface area contributed by atoms with E-state index in [0.29, 0.717) is 12.1 Å². The quantitative estimate of drug-likeness (QED) is 0.765. The summed E-state index contributed by atoms with van der Waals surface area (Å²) in [5.41, 5.74) is -0.618. The molecule has 0 spiro atoms. The van der Waals surface area contributed by atoms with Crippen molar-refractivity contribution in [3.05, 3.63) is 29.6 Å². The number of carbonyl (C=O) groups is 1. The zero-order valence-electron chi connectivity index (χ0n) is 7.35. The maximum atomic E-state index is 12.9. The lowest BCUT2D eigenvalue weighted by atomic mass is 10.2. The molecule has 0 saturated carbocycles. The Bertz CT molecular complexity index is 440. The summed E-state index contributed by atoms with van der Waals surface area (Å²) in [4.78, 5) is 10.8. The zero-order valence-corrected chi connectivity index (χ0v) is 7.35. The van der Waals surface area contributed by atoms with Gasteiger partial charge in [-0.25, -0.2) is 13.2 Å². The number of benzene rings is 1. The molecule has 1 aromatic rings. The first-order valence-corrected chi connectivity index (χ1v) is 3.86. The summed E-state index contributed by atoms with van der Waals surface area (Å²) in [6, 6.07) is 2.50. The van der Waals surface area contributed by atoms with Crippen LogP contribution in [0.4, 0.5) is 18.9 Å². The van der Waals surface area contributed by atoms with E-state index in [9.17, 15) is 18.0 Å². The summed E-state index contributed by atoms with van der Waals surface area (Å²) in [5, 5.41) is 10.0. The Kier molecular flexibility index (Phi) is 3.29. The molecule has 0 radical (unpaired) electrons. The summed E-state index contributed by atoms with van der Waals surface area (Å²) in [5.74, 6) is -4.60. The van der Waals surface area contributed by atoms with Gasteiger partial charge in [0.05, 0.1) is 11.8 Å². The van der Waals surface area contributed by atoms with E-state index in [4.69, 9.17) is 5.26 Å². The van der Waals surface area contributed by atoms with E-state index in [1.807, 2.05) is 5.32 Å². The topological polar surface area (TPSA) is 52.9 Å². The summed E-state index contributed by atoms with van der Waals surface area (Å²) < 4.78 is 38.2. The van der Waals surface area contributed by atoms with Crippen LogP contribution in [-0.2, 0) is 4.79 Å². The van der Waals surface area contributed by atoms with Gasteiger partial charge in [-0.1, -0.05) is 0 Å². The monoisotopic (exact) mass is 214 g/mol. The minimum atomic E-state index is -1.40. The van der Waals surface area contributed by atoms with Gasteiger partial charge in [-0.05, 0) is 0 Å². The third-order valence-electron chi connectivity index (χ3n) is 1.51. The molecular formula is C9H5F3N2O. The molecule has 0 aliphatic carbocycles. The molecule has 1 rings (SSSR count). The predicted octanol–water partition coefficient (Wildman–Crippen LogP) is 1.96. The van der Waals surface area contributed by atoms with Crippen molar-refractivity contribution in [2.24, 2.45) is 0 Å². The zero-order chi connectivity index (χ0) is 11.4. The van der Waals surface area contributed by atoms with Crippen LogP contribution in [0.3, 0.4) is 0 Å². The van der Waals surface area contributed by atoms with Gasteiger partial charge in [0.25, 0.3) is 0 Å². The molecule has 78 valence electrons. The van der Waals surface area contributed by atoms with Crippen molar-refractivity contribution in [3.63, 3.8) is 0 Å². The van der Waals surface area contributed by atoms with Gasteiger partial charge in [0.1, 0.15) is 12.2 Å². The Labute approximate surface area is 83.1 Å². The van der Waals surface area contributed by atoms with Crippen molar-refractivity contribution in [2.75, 3.05) is 5.32 Å². The van der Waals surface area contributed by atoms with E-state index in [-0.39, 0.29) is 0 Å². The minimum absolute atomic E-state index is 0.356. The van der Waals surface area contributed by atoms with Crippen LogP contribution < -0.4 is 5.32 Å². The normalized spacial score (nSPS) is 9.47. The van der Waals surface area contributed by atoms with Crippen LogP contribution in [0.15, 0.2) is 12.1 Å². The maximum absolute atomic E-state index is 12.9. The van der Waals surface area contributed by atoms with Crippen molar-refractivity contribution in [3.8, 4) is 6.07 Å². The van der Waals surface area contributed by atoms with E-state index in [0.717, 1.165) is 0 Å². The molecule has 0 bridgehead atoms. The smallest absolute Gasteiger partial charge is 0.238 e. The fourth-order valence-electron chi connectivity index (χ4n) is 0.913. The van der Waals surface area contributed by atoms with Gasteiger partial charge in [0, 0.05) is 12.1 Å². The molecule has 3 nitrogen and oxygen atoms in total. The van der Waals surface area contributed by atoms with E-state index < -0.39 is 35.5 Å². The Morgan fingerprint density at radius 3 is 2.67 bits per heavy atom. The molecule has 0 atom stereocenters. The molecule has 1 aromatic carbocycles. The molecule has 0 fully saturated rings. The first kappa shape index (κ1) is 11.0. The Morgan fingerprint density at radius 1 is 1.40 bits per heavy atom. The first-order chi connectivity index (χ1) is 7.04. The van der Waals surface area contributed by atoms with Crippen LogP contribution in [-0.4, -0.2) is 5.91 Å². The average molecular weight is 214 g/mol. The van der Waals surface area contributed by atoms with Gasteiger partial charge in [-0.2, -0.15) is 5.26 Å². The maximum Gasteiger partial charge on any atom is 0.238 e. The van der Waals surface area contributed by atoms with Crippen LogP contribution in [0.2, 0.25) is 0 Å². The fraction of sp³-hybridized carbons (Fsp3) is 0.111. The van der Waals surface area contributed by atoms with E-state index in [2.05, 4.69) is 0 Å². The number of hydrogen-bond donors (Lipinski definition) is 1. The minimum Gasteiger partial charge on any atom is -0.323 e. The summed E-state index contributed by atoms with van der Waals surface area (Å²) >= 11 is 0. The number of rotatable bonds is 2. The molecule has 0 unspecified atom stereocenters. The predicted molar refractivity (Wildman–Crippen MR) is 45.2 cm³/mol. The SMILES string of the molecule is N#CCC(=O)Nc1cc(F)cc(F)c1F. The summed E-state index contributed by atoms with van der Waals surface area (Å²) in [6.07, 6.45) is -0.516. The Hall–Kier alpha value is -2.03. The standard InChI is InChI=1S/C9H5F3N2O/c10-5-3-6(11)9(12)7(4-5)14-8(15)1-2-13/h3-4H,1H2,(H,14,15). The number of nitrogens with one attached hydrogen (secondary N) is 1. The summed E-state index contributed by atoms with van der Waals surface area (Å²) in [7, 11) is 0. The van der Waals surface area contributed by atoms with E-state index >= 15 is 0 Å². The molecule has 1 N–H and O–H groups in total. The van der Waals surface area contributed by atoms with Gasteiger partial charge in [-0.3, -0.25) is 4.79 Å². The van der Waals surface area contributed by atoms with Gasteiger partial charge < -0.3 is 5.32 Å². The van der Waals surface area contributed by atoms with Crippen molar-refractivity contribution in [2.45, 2.75) is 6.42 Å². The largest absolute Gasteiger partial charge is 0.323 e. The van der Waals surface area contributed by atoms with Crippen LogP contribution >= 0.6 is 0 Å². The molecule has 6 heteroatoms. The highest BCUT2D eigenvalue weighted by atomic mass is 19.2. The number of nitriles is 1. The lowest BCUT2D eigenvalue weighted by Crippen LogP contribution is -2.12. The second kappa shape index (κ2) is 4.46. The van der Waals surface area contributed by atoms with Gasteiger partial charge in [-0.15, -0.1) is 0 Å². The van der Waals surface area contributed by atoms with Crippen LogP contribution in [0.25, 0.3) is 0 Å². The second-order valence-corrected chi connectivity index (χ2v) is 2.63. The highest BCUT2D eigenvalue weighted by Crippen LogP contribution is 2.19. The lowest BCUT2D eigenvalue weighted by Gasteiger charge is -2.04. The van der Waals surface area contributed by atoms with Crippen molar-refractivity contribution in [1.82, 2.24) is 0 Å². The number of hydrogen-bond acceptors (Lipinski definition) is 2. The second-order valence-electron chi connectivity index (χ2n) is 2.63. The molecule has 0 heterocycles. The Morgan fingerprint density at radius 2 is 2.07 bits per heavy atom. The van der Waals surface area contributed by atoms with Gasteiger partial charge in [0.15, 0.2) is 11.6 Å². The third-order valence-corrected chi connectivity index (χ3v) is 1.51. The number of nitrogens with zero attached hydrogens (tertiary/aromatic N) is 1. The summed E-state index contributed by atoms with van der Waals surface area (Å²) in [6.45, 7) is 0. The first-order valence-electron chi connectivity index (χ1n) is 3.86. The van der Waals surface area contributed by atoms with Crippen LogP contribution in [0.5, 0.6) is 0 Å². The third kappa shape index (κ3) is 2.71.